The number of benzene rings is 4. The predicted molar refractivity (Wildman–Crippen MR) is 180 cm³/mol. The summed E-state index contributed by atoms with van der Waals surface area (Å²) in [6.45, 7) is 3.45. The smallest absolute Gasteiger partial charge is 0.272 e. The van der Waals surface area contributed by atoms with Gasteiger partial charge in [-0.15, -0.1) is 11.8 Å². The molecule has 0 saturated carbocycles. The maximum absolute atomic E-state index is 13.4. The fourth-order valence-corrected chi connectivity index (χ4v) is 5.05. The van der Waals surface area contributed by atoms with E-state index in [0.29, 0.717) is 22.5 Å². The number of aryl methyl sites for hydroxylation is 1. The van der Waals surface area contributed by atoms with Gasteiger partial charge >= 0.3 is 0 Å². The molecule has 1 unspecified atom stereocenters. The van der Waals surface area contributed by atoms with Crippen molar-refractivity contribution in [2.24, 2.45) is 0 Å². The van der Waals surface area contributed by atoms with Crippen LogP contribution in [-0.4, -0.2) is 42.0 Å². The minimum Gasteiger partial charge on any atom is -0.378 e. The molecule has 0 aliphatic carbocycles. The molecule has 4 aromatic carbocycles. The number of amides is 3. The molecule has 230 valence electrons. The van der Waals surface area contributed by atoms with Gasteiger partial charge in [0.25, 0.3) is 17.5 Å². The lowest BCUT2D eigenvalue weighted by Crippen LogP contribution is -2.30. The molecular weight excluding hydrogens is 590 g/mol. The summed E-state index contributed by atoms with van der Waals surface area (Å²) in [6.07, 6.45) is 1.62. The van der Waals surface area contributed by atoms with Crippen molar-refractivity contribution in [1.29, 1.82) is 0 Å². The van der Waals surface area contributed by atoms with E-state index >= 15 is 0 Å². The number of anilines is 3. The normalized spacial score (nSPS) is 11.7. The topological polar surface area (TPSA) is 134 Å². The van der Waals surface area contributed by atoms with Gasteiger partial charge in [0.15, 0.2) is 0 Å². The molecule has 11 heteroatoms. The van der Waals surface area contributed by atoms with Gasteiger partial charge in [-0.3, -0.25) is 24.5 Å². The van der Waals surface area contributed by atoms with Crippen molar-refractivity contribution in [2.45, 2.75) is 24.0 Å². The van der Waals surface area contributed by atoms with Gasteiger partial charge in [0, 0.05) is 53.7 Å². The third-order valence-corrected chi connectivity index (χ3v) is 7.83. The van der Waals surface area contributed by atoms with E-state index in [2.05, 4.69) is 16.0 Å². The van der Waals surface area contributed by atoms with Crippen molar-refractivity contribution >= 4 is 58.3 Å². The van der Waals surface area contributed by atoms with Gasteiger partial charge in [0.05, 0.1) is 10.2 Å². The van der Waals surface area contributed by atoms with Crippen LogP contribution in [-0.2, 0) is 9.59 Å². The monoisotopic (exact) mass is 623 g/mol. The van der Waals surface area contributed by atoms with Crippen molar-refractivity contribution in [1.82, 2.24) is 5.32 Å². The Kier molecular flexibility index (Phi) is 10.7. The maximum atomic E-state index is 13.4. The highest BCUT2D eigenvalue weighted by atomic mass is 32.2. The molecule has 3 amide bonds. The number of hydrogen-bond donors (Lipinski definition) is 3. The summed E-state index contributed by atoms with van der Waals surface area (Å²) in [5.74, 6) is -1.16. The van der Waals surface area contributed by atoms with Gasteiger partial charge < -0.3 is 20.9 Å². The van der Waals surface area contributed by atoms with Crippen molar-refractivity contribution in [3.8, 4) is 0 Å². The maximum Gasteiger partial charge on any atom is 0.272 e. The Labute approximate surface area is 265 Å². The van der Waals surface area contributed by atoms with E-state index in [4.69, 9.17) is 0 Å². The predicted octanol–water partition coefficient (Wildman–Crippen LogP) is 6.50. The number of nitro benzene ring substituents is 1. The first kappa shape index (κ1) is 32.5. The second-order valence-electron chi connectivity index (χ2n) is 10.3. The van der Waals surface area contributed by atoms with Gasteiger partial charge in [-0.2, -0.15) is 0 Å². The zero-order valence-corrected chi connectivity index (χ0v) is 26.1. The molecule has 3 N–H and O–H groups in total. The van der Waals surface area contributed by atoms with E-state index in [1.54, 1.807) is 68.5 Å². The lowest BCUT2D eigenvalue weighted by Gasteiger charge is -2.15. The van der Waals surface area contributed by atoms with Crippen LogP contribution in [0.1, 0.15) is 28.4 Å². The van der Waals surface area contributed by atoms with E-state index in [1.807, 2.05) is 49.3 Å². The first-order chi connectivity index (χ1) is 21.5. The van der Waals surface area contributed by atoms with Crippen LogP contribution in [0, 0.1) is 17.0 Å². The molecule has 0 aromatic heterocycles. The number of rotatable bonds is 11. The summed E-state index contributed by atoms with van der Waals surface area (Å²) in [6, 6.07) is 27.5. The average Bonchev–Trinajstić information content (AvgIpc) is 3.03. The van der Waals surface area contributed by atoms with Gasteiger partial charge in [-0.05, 0) is 85.6 Å². The Morgan fingerprint density at radius 2 is 1.56 bits per heavy atom. The molecule has 0 radical (unpaired) electrons. The van der Waals surface area contributed by atoms with Crippen LogP contribution in [0.5, 0.6) is 0 Å². The number of hydrogen-bond acceptors (Lipinski definition) is 7. The molecule has 0 fully saturated rings. The lowest BCUT2D eigenvalue weighted by molar-refractivity contribution is -0.384. The molecule has 1 atom stereocenters. The molecule has 10 nitrogen and oxygen atoms in total. The van der Waals surface area contributed by atoms with Crippen LogP contribution in [0.25, 0.3) is 6.08 Å². The van der Waals surface area contributed by atoms with E-state index in [9.17, 15) is 24.5 Å². The number of nitrogens with zero attached hydrogens (tertiary/aromatic N) is 2. The summed E-state index contributed by atoms with van der Waals surface area (Å²) < 4.78 is 0. The quantitative estimate of drug-likeness (QED) is 0.0752. The second kappa shape index (κ2) is 14.8. The van der Waals surface area contributed by atoms with Crippen molar-refractivity contribution in [2.75, 3.05) is 29.6 Å². The molecule has 0 saturated heterocycles. The number of non-ortho nitro benzene ring substituents is 1. The molecule has 0 aliphatic heterocycles. The van der Waals surface area contributed by atoms with Gasteiger partial charge in [0.1, 0.15) is 5.70 Å². The third-order valence-electron chi connectivity index (χ3n) is 6.72. The average molecular weight is 624 g/mol. The number of nitro groups is 1. The van der Waals surface area contributed by atoms with Crippen LogP contribution >= 0.6 is 11.8 Å². The van der Waals surface area contributed by atoms with Crippen LogP contribution in [0.15, 0.2) is 108 Å². The van der Waals surface area contributed by atoms with Crippen molar-refractivity contribution in [3.05, 3.63) is 130 Å². The summed E-state index contributed by atoms with van der Waals surface area (Å²) >= 11 is 1.32. The Balaban J connectivity index is 1.43. The first-order valence-electron chi connectivity index (χ1n) is 14.0. The van der Waals surface area contributed by atoms with E-state index in [0.717, 1.165) is 16.1 Å². The molecule has 45 heavy (non-hydrogen) atoms. The largest absolute Gasteiger partial charge is 0.378 e. The number of nitrogens with one attached hydrogen (secondary N) is 3. The fraction of sp³-hybridized carbons (Fsp3) is 0.147. The van der Waals surface area contributed by atoms with Gasteiger partial charge in [0.2, 0.25) is 5.91 Å². The van der Waals surface area contributed by atoms with Crippen LogP contribution < -0.4 is 20.9 Å². The van der Waals surface area contributed by atoms with Crippen molar-refractivity contribution < 1.29 is 19.3 Å². The molecule has 0 aliphatic rings. The summed E-state index contributed by atoms with van der Waals surface area (Å²) in [5, 5.41) is 18.9. The SMILES string of the molecule is Cc1cc([N+](=O)[O-])ccc1NC(=O)C(C)Sc1ccc(NC(=O)/C(=C/c2ccc(N(C)C)cc2)NC(=O)c2ccccc2)cc1. The zero-order chi connectivity index (χ0) is 32.5. The van der Waals surface area contributed by atoms with E-state index < -0.39 is 22.0 Å². The number of carbonyl (C=O) groups excluding carboxylic acids is 3. The minimum absolute atomic E-state index is 0.0417. The minimum atomic E-state index is -0.498. The molecular formula is C34H33N5O5S. The Morgan fingerprint density at radius 3 is 2.16 bits per heavy atom. The van der Waals surface area contributed by atoms with E-state index in [-0.39, 0.29) is 17.3 Å². The van der Waals surface area contributed by atoms with Crippen LogP contribution in [0.4, 0.5) is 22.7 Å². The standard InChI is InChI=1S/C34H33N5O5S/c1-22-20-28(39(43)44)16-19-30(22)36-32(40)23(2)45-29-17-12-26(13-18-29)35-34(42)31(37-33(41)25-8-6-5-7-9-25)21-24-10-14-27(15-11-24)38(3)4/h5-21,23H,1-4H3,(H,35,42)(H,36,40)(H,37,41)/b31-21-. The molecule has 0 heterocycles. The highest BCUT2D eigenvalue weighted by molar-refractivity contribution is 8.00. The van der Waals surface area contributed by atoms with E-state index in [1.165, 1.54) is 30.0 Å². The highest BCUT2D eigenvalue weighted by Crippen LogP contribution is 2.27. The number of carbonyl (C=O) groups is 3. The van der Waals surface area contributed by atoms with Crippen molar-refractivity contribution in [3.63, 3.8) is 0 Å². The summed E-state index contributed by atoms with van der Waals surface area (Å²) in [7, 11) is 3.87. The molecule has 4 rings (SSSR count). The molecule has 0 bridgehead atoms. The third kappa shape index (κ3) is 9.04. The summed E-state index contributed by atoms with van der Waals surface area (Å²) in [4.78, 5) is 52.4. The Hall–Kier alpha value is -5.42. The highest BCUT2D eigenvalue weighted by Gasteiger charge is 2.18. The fourth-order valence-electron chi connectivity index (χ4n) is 4.19. The Morgan fingerprint density at radius 1 is 0.889 bits per heavy atom. The summed E-state index contributed by atoms with van der Waals surface area (Å²) in [5.41, 5.74) is 3.79. The molecule has 0 spiro atoms. The van der Waals surface area contributed by atoms with Gasteiger partial charge in [-0.1, -0.05) is 30.3 Å². The zero-order valence-electron chi connectivity index (χ0n) is 25.2. The lowest BCUT2D eigenvalue weighted by atomic mass is 10.1. The first-order valence-corrected chi connectivity index (χ1v) is 14.9. The molecule has 4 aromatic rings. The second-order valence-corrected chi connectivity index (χ2v) is 11.8. The Bertz CT molecular complexity index is 1720. The van der Waals surface area contributed by atoms with Gasteiger partial charge in [-0.25, -0.2) is 0 Å². The van der Waals surface area contributed by atoms with Crippen LogP contribution in [0.2, 0.25) is 0 Å². The number of thioether (sulfide) groups is 1. The van der Waals surface area contributed by atoms with Crippen LogP contribution in [0.3, 0.4) is 0 Å².